The first-order valence-electron chi connectivity index (χ1n) is 5.09. The van der Waals surface area contributed by atoms with Crippen LogP contribution in [-0.4, -0.2) is 28.9 Å². The van der Waals surface area contributed by atoms with Crippen LogP contribution in [0.5, 0.6) is 0 Å². The zero-order chi connectivity index (χ0) is 9.97. The Balaban J connectivity index is 2.18. The fourth-order valence-corrected chi connectivity index (χ4v) is 2.63. The third-order valence-electron chi connectivity index (χ3n) is 2.92. The molecule has 2 heterocycles. The van der Waals surface area contributed by atoms with E-state index in [9.17, 15) is 0 Å². The first-order chi connectivity index (χ1) is 6.83. The molecule has 1 N–H and O–H groups in total. The van der Waals surface area contributed by atoms with Gasteiger partial charge in [-0.15, -0.1) is 0 Å². The van der Waals surface area contributed by atoms with Gasteiger partial charge in [-0.1, -0.05) is 11.8 Å². The number of nitrogens with one attached hydrogen (secondary N) is 1. The molecule has 14 heavy (non-hydrogen) atoms. The monoisotopic (exact) mass is 211 g/mol. The number of nitrogens with zero attached hydrogens (tertiary/aromatic N) is 2. The van der Waals surface area contributed by atoms with Crippen LogP contribution >= 0.6 is 11.8 Å². The number of hydrogen-bond donors (Lipinski definition) is 1. The Kier molecular flexibility index (Phi) is 3.13. The van der Waals surface area contributed by atoms with E-state index >= 15 is 0 Å². The molecule has 2 rings (SSSR count). The Morgan fingerprint density at radius 3 is 2.79 bits per heavy atom. The lowest BCUT2D eigenvalue weighted by molar-refractivity contribution is 0.442. The third kappa shape index (κ3) is 1.81. The largest absolute Gasteiger partial charge is 0.326 e. The Morgan fingerprint density at radius 1 is 1.50 bits per heavy atom. The van der Waals surface area contributed by atoms with Gasteiger partial charge >= 0.3 is 0 Å². The highest BCUT2D eigenvalue weighted by Crippen LogP contribution is 2.27. The predicted octanol–water partition coefficient (Wildman–Crippen LogP) is 1.61. The van der Waals surface area contributed by atoms with E-state index in [-0.39, 0.29) is 0 Å². The van der Waals surface area contributed by atoms with Crippen molar-refractivity contribution in [3.05, 3.63) is 11.9 Å². The molecule has 0 saturated carbocycles. The number of thioether (sulfide) groups is 1. The molecule has 0 bridgehead atoms. The second kappa shape index (κ2) is 4.36. The fourth-order valence-electron chi connectivity index (χ4n) is 2.09. The van der Waals surface area contributed by atoms with Crippen LogP contribution in [0.2, 0.25) is 0 Å². The van der Waals surface area contributed by atoms with E-state index in [1.807, 2.05) is 6.20 Å². The van der Waals surface area contributed by atoms with E-state index in [0.29, 0.717) is 5.92 Å². The van der Waals surface area contributed by atoms with Gasteiger partial charge in [0.2, 0.25) is 0 Å². The molecule has 0 atom stereocenters. The summed E-state index contributed by atoms with van der Waals surface area (Å²) in [5.74, 6) is 0.703. The van der Waals surface area contributed by atoms with Crippen LogP contribution in [0.25, 0.3) is 0 Å². The van der Waals surface area contributed by atoms with Crippen LogP contribution in [0.15, 0.2) is 11.4 Å². The Hall–Kier alpha value is -0.480. The van der Waals surface area contributed by atoms with E-state index in [1.165, 1.54) is 18.5 Å². The minimum absolute atomic E-state index is 0.703. The van der Waals surface area contributed by atoms with Gasteiger partial charge in [0, 0.05) is 24.9 Å². The Bertz CT molecular complexity index is 302. The summed E-state index contributed by atoms with van der Waals surface area (Å²) in [4.78, 5) is 4.41. The van der Waals surface area contributed by atoms with Crippen LogP contribution in [0.4, 0.5) is 0 Å². The summed E-state index contributed by atoms with van der Waals surface area (Å²) in [5, 5.41) is 4.51. The molecule has 1 fully saturated rings. The molecule has 78 valence electrons. The van der Waals surface area contributed by atoms with Crippen molar-refractivity contribution < 1.29 is 0 Å². The fraction of sp³-hybridized carbons (Fsp3) is 0.700. The van der Waals surface area contributed by atoms with E-state index in [0.717, 1.165) is 18.2 Å². The zero-order valence-corrected chi connectivity index (χ0v) is 9.60. The van der Waals surface area contributed by atoms with E-state index in [1.54, 1.807) is 11.8 Å². The molecule has 1 aromatic heterocycles. The highest BCUT2D eigenvalue weighted by molar-refractivity contribution is 7.98. The number of hydrogen-bond acceptors (Lipinski definition) is 3. The molecule has 0 radical (unpaired) electrons. The summed E-state index contributed by atoms with van der Waals surface area (Å²) in [7, 11) is 2.12. The molecule has 1 saturated heterocycles. The van der Waals surface area contributed by atoms with Crippen LogP contribution in [0, 0.1) is 0 Å². The summed E-state index contributed by atoms with van der Waals surface area (Å²) in [6.45, 7) is 2.29. The molecular formula is C10H17N3S. The second-order valence-electron chi connectivity index (χ2n) is 3.75. The SMILES string of the molecule is CSc1ncc(C2CCNCC2)n1C. The highest BCUT2D eigenvalue weighted by Gasteiger charge is 2.19. The standard InChI is InChI=1S/C10H17N3S/c1-13-9(7-12-10(13)14-2)8-3-5-11-6-4-8/h7-8,11H,3-6H2,1-2H3. The maximum atomic E-state index is 4.41. The quantitative estimate of drug-likeness (QED) is 0.754. The van der Waals surface area contributed by atoms with E-state index in [4.69, 9.17) is 0 Å². The first kappa shape index (κ1) is 10.1. The van der Waals surface area contributed by atoms with Gasteiger partial charge in [-0.25, -0.2) is 4.98 Å². The first-order valence-corrected chi connectivity index (χ1v) is 6.31. The molecule has 4 heteroatoms. The molecule has 0 aromatic carbocycles. The van der Waals surface area contributed by atoms with Gasteiger partial charge in [-0.2, -0.15) is 0 Å². The maximum absolute atomic E-state index is 4.41. The van der Waals surface area contributed by atoms with Crippen LogP contribution in [-0.2, 0) is 7.05 Å². The Labute approximate surface area is 89.3 Å². The minimum Gasteiger partial charge on any atom is -0.326 e. The number of piperidine rings is 1. The van der Waals surface area contributed by atoms with Crippen molar-refractivity contribution in [3.63, 3.8) is 0 Å². The maximum Gasteiger partial charge on any atom is 0.167 e. The van der Waals surface area contributed by atoms with Crippen molar-refractivity contribution in [2.45, 2.75) is 23.9 Å². The Morgan fingerprint density at radius 2 is 2.21 bits per heavy atom. The topological polar surface area (TPSA) is 29.9 Å². The van der Waals surface area contributed by atoms with Gasteiger partial charge in [0.1, 0.15) is 0 Å². The number of aromatic nitrogens is 2. The molecule has 3 nitrogen and oxygen atoms in total. The van der Waals surface area contributed by atoms with Crippen molar-refractivity contribution in [2.75, 3.05) is 19.3 Å². The van der Waals surface area contributed by atoms with Crippen molar-refractivity contribution in [1.82, 2.24) is 14.9 Å². The van der Waals surface area contributed by atoms with E-state index in [2.05, 4.69) is 28.2 Å². The summed E-state index contributed by atoms with van der Waals surface area (Å²) in [6, 6.07) is 0. The molecule has 0 amide bonds. The van der Waals surface area contributed by atoms with Crippen molar-refractivity contribution in [2.24, 2.45) is 7.05 Å². The highest BCUT2D eigenvalue weighted by atomic mass is 32.2. The van der Waals surface area contributed by atoms with Crippen molar-refractivity contribution in [1.29, 1.82) is 0 Å². The van der Waals surface area contributed by atoms with Crippen LogP contribution in [0.3, 0.4) is 0 Å². The molecule has 1 aromatic rings. The summed E-state index contributed by atoms with van der Waals surface area (Å²) >= 11 is 1.72. The van der Waals surface area contributed by atoms with Gasteiger partial charge < -0.3 is 9.88 Å². The summed E-state index contributed by atoms with van der Waals surface area (Å²) in [5.41, 5.74) is 1.40. The average Bonchev–Trinajstić information content (AvgIpc) is 2.61. The lowest BCUT2D eigenvalue weighted by Crippen LogP contribution is -2.27. The van der Waals surface area contributed by atoms with Gasteiger partial charge in [0.05, 0.1) is 0 Å². The molecule has 0 spiro atoms. The number of imidazole rings is 1. The second-order valence-corrected chi connectivity index (χ2v) is 4.53. The zero-order valence-electron chi connectivity index (χ0n) is 8.79. The van der Waals surface area contributed by atoms with Gasteiger partial charge in [0.15, 0.2) is 5.16 Å². The predicted molar refractivity (Wildman–Crippen MR) is 59.8 cm³/mol. The number of rotatable bonds is 2. The van der Waals surface area contributed by atoms with Gasteiger partial charge in [-0.3, -0.25) is 0 Å². The summed E-state index contributed by atoms with van der Waals surface area (Å²) in [6.07, 6.45) is 6.61. The van der Waals surface area contributed by atoms with Gasteiger partial charge in [0.25, 0.3) is 0 Å². The average molecular weight is 211 g/mol. The van der Waals surface area contributed by atoms with Crippen molar-refractivity contribution in [3.8, 4) is 0 Å². The smallest absolute Gasteiger partial charge is 0.167 e. The lowest BCUT2D eigenvalue weighted by Gasteiger charge is -2.22. The van der Waals surface area contributed by atoms with Crippen LogP contribution in [0.1, 0.15) is 24.5 Å². The lowest BCUT2D eigenvalue weighted by atomic mass is 9.95. The van der Waals surface area contributed by atoms with Crippen molar-refractivity contribution >= 4 is 11.8 Å². The van der Waals surface area contributed by atoms with Crippen LogP contribution < -0.4 is 5.32 Å². The normalized spacial score (nSPS) is 18.7. The molecule has 1 aliphatic heterocycles. The van der Waals surface area contributed by atoms with Gasteiger partial charge in [-0.05, 0) is 32.2 Å². The summed E-state index contributed by atoms with van der Waals surface area (Å²) < 4.78 is 2.24. The molecule has 0 unspecified atom stereocenters. The molecular weight excluding hydrogens is 194 g/mol. The third-order valence-corrected chi connectivity index (χ3v) is 3.67. The van der Waals surface area contributed by atoms with E-state index < -0.39 is 0 Å². The molecule has 0 aliphatic carbocycles. The molecule has 1 aliphatic rings. The minimum atomic E-state index is 0.703.